The van der Waals surface area contributed by atoms with Gasteiger partial charge in [-0.15, -0.1) is 0 Å². The minimum atomic E-state index is -0.509. The zero-order chi connectivity index (χ0) is 11.7. The summed E-state index contributed by atoms with van der Waals surface area (Å²) in [6.07, 6.45) is 0.153. The summed E-state index contributed by atoms with van der Waals surface area (Å²) in [5.41, 5.74) is 1.03. The largest absolute Gasteiger partial charge is 0.507 e. The first-order valence-electron chi connectivity index (χ1n) is 5.28. The van der Waals surface area contributed by atoms with E-state index in [4.69, 9.17) is 4.74 Å². The van der Waals surface area contributed by atoms with E-state index in [0.29, 0.717) is 12.8 Å². The summed E-state index contributed by atoms with van der Waals surface area (Å²) in [5.74, 6) is -0.553. The lowest BCUT2D eigenvalue weighted by Gasteiger charge is -2.25. The van der Waals surface area contributed by atoms with Crippen LogP contribution in [0.1, 0.15) is 29.3 Å². The van der Waals surface area contributed by atoms with Crippen molar-refractivity contribution in [1.82, 2.24) is 0 Å². The van der Waals surface area contributed by atoms with Gasteiger partial charge in [-0.1, -0.05) is 12.1 Å². The molecule has 0 bridgehead atoms. The van der Waals surface area contributed by atoms with Crippen LogP contribution in [0.5, 0.6) is 5.75 Å². The molecule has 0 amide bonds. The minimum Gasteiger partial charge on any atom is -0.507 e. The molecule has 0 aromatic heterocycles. The molecule has 1 aromatic rings. The maximum absolute atomic E-state index is 11.6. The number of phenols is 1. The molecule has 0 radical (unpaired) electrons. The molecule has 1 aliphatic heterocycles. The van der Waals surface area contributed by atoms with Crippen molar-refractivity contribution < 1.29 is 19.7 Å². The Morgan fingerprint density at radius 2 is 2.31 bits per heavy atom. The van der Waals surface area contributed by atoms with Crippen LogP contribution in [0.3, 0.4) is 0 Å². The van der Waals surface area contributed by atoms with Gasteiger partial charge in [0.05, 0.1) is 6.10 Å². The van der Waals surface area contributed by atoms with Crippen LogP contribution in [0.2, 0.25) is 0 Å². The van der Waals surface area contributed by atoms with E-state index in [1.165, 1.54) is 6.07 Å². The van der Waals surface area contributed by atoms with E-state index in [1.54, 1.807) is 19.1 Å². The average Bonchev–Trinajstić information content (AvgIpc) is 2.15. The molecule has 2 atom stereocenters. The predicted octanol–water partition coefficient (Wildman–Crippen LogP) is 1.24. The molecule has 16 heavy (non-hydrogen) atoms. The van der Waals surface area contributed by atoms with E-state index in [0.717, 1.165) is 5.56 Å². The van der Waals surface area contributed by atoms with E-state index in [9.17, 15) is 15.0 Å². The molecular weight excluding hydrogens is 208 g/mol. The lowest BCUT2D eigenvalue weighted by atomic mass is 9.95. The summed E-state index contributed by atoms with van der Waals surface area (Å²) >= 11 is 0. The summed E-state index contributed by atoms with van der Waals surface area (Å²) in [7, 11) is 0. The number of carbonyl (C=O) groups is 1. The fraction of sp³-hybridized carbons (Fsp3) is 0.417. The van der Waals surface area contributed by atoms with Gasteiger partial charge in [-0.2, -0.15) is 0 Å². The van der Waals surface area contributed by atoms with Crippen molar-refractivity contribution in [3.63, 3.8) is 0 Å². The highest BCUT2D eigenvalue weighted by Crippen LogP contribution is 2.29. The molecule has 2 unspecified atom stereocenters. The molecule has 1 aliphatic rings. The summed E-state index contributed by atoms with van der Waals surface area (Å²) in [6, 6.07) is 4.96. The monoisotopic (exact) mass is 222 g/mol. The number of hydrogen-bond acceptors (Lipinski definition) is 4. The lowest BCUT2D eigenvalue weighted by Crippen LogP contribution is -2.30. The third-order valence-corrected chi connectivity index (χ3v) is 2.66. The van der Waals surface area contributed by atoms with Crippen molar-refractivity contribution in [2.45, 2.75) is 32.0 Å². The summed E-state index contributed by atoms with van der Waals surface area (Å²) in [4.78, 5) is 11.6. The van der Waals surface area contributed by atoms with Crippen molar-refractivity contribution in [2.75, 3.05) is 0 Å². The van der Waals surface area contributed by atoms with Crippen LogP contribution in [0.25, 0.3) is 0 Å². The number of esters is 1. The maximum Gasteiger partial charge on any atom is 0.342 e. The van der Waals surface area contributed by atoms with E-state index in [-0.39, 0.29) is 17.4 Å². The molecule has 4 nitrogen and oxygen atoms in total. The first-order valence-corrected chi connectivity index (χ1v) is 5.28. The second-order valence-corrected chi connectivity index (χ2v) is 4.13. The Morgan fingerprint density at radius 3 is 3.00 bits per heavy atom. The highest BCUT2D eigenvalue weighted by atomic mass is 16.5. The number of phenolic OH excluding ortho intramolecular Hbond substituents is 1. The molecule has 1 heterocycles. The molecular formula is C12H14O4. The Morgan fingerprint density at radius 1 is 1.56 bits per heavy atom. The van der Waals surface area contributed by atoms with Gasteiger partial charge >= 0.3 is 5.97 Å². The zero-order valence-electron chi connectivity index (χ0n) is 9.01. The molecule has 0 aliphatic carbocycles. The Bertz CT molecular complexity index is 411. The van der Waals surface area contributed by atoms with Gasteiger partial charge in [0.2, 0.25) is 0 Å². The van der Waals surface area contributed by atoms with Crippen molar-refractivity contribution in [3.8, 4) is 5.75 Å². The summed E-state index contributed by atoms with van der Waals surface area (Å²) < 4.78 is 5.15. The lowest BCUT2D eigenvalue weighted by molar-refractivity contribution is 0.0121. The SMILES string of the molecule is CC(O)CC1Cc2cccc(O)c2C(=O)O1. The maximum atomic E-state index is 11.6. The second-order valence-electron chi connectivity index (χ2n) is 4.13. The predicted molar refractivity (Wildman–Crippen MR) is 57.3 cm³/mol. The van der Waals surface area contributed by atoms with Gasteiger partial charge in [-0.25, -0.2) is 4.79 Å². The van der Waals surface area contributed by atoms with Crippen LogP contribution < -0.4 is 0 Å². The van der Waals surface area contributed by atoms with Gasteiger partial charge < -0.3 is 14.9 Å². The van der Waals surface area contributed by atoms with E-state index in [1.807, 2.05) is 0 Å². The van der Waals surface area contributed by atoms with Crippen molar-refractivity contribution in [2.24, 2.45) is 0 Å². The number of carbonyl (C=O) groups excluding carboxylic acids is 1. The topological polar surface area (TPSA) is 66.8 Å². The highest BCUT2D eigenvalue weighted by Gasteiger charge is 2.29. The van der Waals surface area contributed by atoms with Crippen LogP contribution in [0, 0.1) is 0 Å². The van der Waals surface area contributed by atoms with Crippen LogP contribution in [-0.4, -0.2) is 28.4 Å². The second kappa shape index (κ2) is 4.14. The molecule has 2 N–H and O–H groups in total. The number of aliphatic hydroxyl groups is 1. The normalized spacial score (nSPS) is 21.1. The molecule has 0 saturated heterocycles. The van der Waals surface area contributed by atoms with E-state index < -0.39 is 12.1 Å². The fourth-order valence-electron chi connectivity index (χ4n) is 2.00. The first kappa shape index (κ1) is 11.0. The number of aliphatic hydroxyl groups excluding tert-OH is 1. The third kappa shape index (κ3) is 2.02. The van der Waals surface area contributed by atoms with Crippen LogP contribution in [-0.2, 0) is 11.2 Å². The highest BCUT2D eigenvalue weighted by molar-refractivity contribution is 5.95. The molecule has 0 fully saturated rings. The number of benzene rings is 1. The number of fused-ring (bicyclic) bond motifs is 1. The van der Waals surface area contributed by atoms with Crippen molar-refractivity contribution in [3.05, 3.63) is 29.3 Å². The van der Waals surface area contributed by atoms with E-state index >= 15 is 0 Å². The molecule has 0 spiro atoms. The minimum absolute atomic E-state index is 0.0435. The smallest absolute Gasteiger partial charge is 0.342 e. The zero-order valence-corrected chi connectivity index (χ0v) is 9.01. The molecule has 1 aromatic carbocycles. The van der Waals surface area contributed by atoms with Gasteiger partial charge in [0.25, 0.3) is 0 Å². The number of aromatic hydroxyl groups is 1. The third-order valence-electron chi connectivity index (χ3n) is 2.66. The number of ether oxygens (including phenoxy) is 1. The molecule has 4 heteroatoms. The number of rotatable bonds is 2. The molecule has 86 valence electrons. The van der Waals surface area contributed by atoms with Gasteiger partial charge in [0.1, 0.15) is 17.4 Å². The summed E-state index contributed by atoms with van der Waals surface area (Å²) in [6.45, 7) is 1.66. The molecule has 0 saturated carbocycles. The van der Waals surface area contributed by atoms with Crippen LogP contribution >= 0.6 is 0 Å². The van der Waals surface area contributed by atoms with Gasteiger partial charge in [-0.3, -0.25) is 0 Å². The average molecular weight is 222 g/mol. The van der Waals surface area contributed by atoms with Crippen molar-refractivity contribution >= 4 is 5.97 Å². The van der Waals surface area contributed by atoms with Gasteiger partial charge in [0.15, 0.2) is 0 Å². The number of cyclic esters (lactones) is 1. The Hall–Kier alpha value is -1.55. The van der Waals surface area contributed by atoms with Crippen LogP contribution in [0.15, 0.2) is 18.2 Å². The summed E-state index contributed by atoms with van der Waals surface area (Å²) in [5, 5.41) is 18.8. The Balaban J connectivity index is 2.27. The van der Waals surface area contributed by atoms with Crippen molar-refractivity contribution in [1.29, 1.82) is 0 Å². The van der Waals surface area contributed by atoms with Gasteiger partial charge in [0, 0.05) is 12.8 Å². The first-order chi connectivity index (χ1) is 7.58. The Kier molecular flexibility index (Phi) is 2.83. The fourth-order valence-corrected chi connectivity index (χ4v) is 2.00. The van der Waals surface area contributed by atoms with Crippen LogP contribution in [0.4, 0.5) is 0 Å². The number of hydrogen-bond donors (Lipinski definition) is 2. The van der Waals surface area contributed by atoms with Gasteiger partial charge in [-0.05, 0) is 18.6 Å². The molecule has 2 rings (SSSR count). The quantitative estimate of drug-likeness (QED) is 0.739. The Labute approximate surface area is 93.5 Å². The van der Waals surface area contributed by atoms with E-state index in [2.05, 4.69) is 0 Å². The standard InChI is InChI=1S/C12H14O4/c1-7(13)5-9-6-8-3-2-4-10(14)11(8)12(15)16-9/h2-4,7,9,13-14H,5-6H2,1H3.